The molecule has 0 amide bonds. The Morgan fingerprint density at radius 2 is 1.60 bits per heavy atom. The third-order valence-corrected chi connectivity index (χ3v) is 3.82. The largest absolute Gasteiger partial charge is 0.416 e. The summed E-state index contributed by atoms with van der Waals surface area (Å²) in [5.74, 6) is 0. The van der Waals surface area contributed by atoms with Crippen molar-refractivity contribution in [1.29, 1.82) is 0 Å². The zero-order valence-electron chi connectivity index (χ0n) is 11.5. The van der Waals surface area contributed by atoms with Crippen molar-refractivity contribution in [3.8, 4) is 0 Å². The number of nitrogens with zero attached hydrogens (tertiary/aromatic N) is 1. The Balaban J connectivity index is 2.25. The molecule has 0 atom stereocenters. The van der Waals surface area contributed by atoms with E-state index < -0.39 is 11.7 Å². The number of halogens is 3. The molecule has 0 bridgehead atoms. The zero-order valence-corrected chi connectivity index (χ0v) is 11.5. The second-order valence-electron chi connectivity index (χ2n) is 5.30. The maximum atomic E-state index is 12.7. The smallest absolute Gasteiger partial charge is 0.371 e. The van der Waals surface area contributed by atoms with Crippen LogP contribution in [0.1, 0.15) is 43.2 Å². The number of hydrogen-bond acceptors (Lipinski definition) is 2. The maximum absolute atomic E-state index is 12.7. The molecule has 1 fully saturated rings. The highest BCUT2D eigenvalue weighted by Crippen LogP contribution is 2.33. The summed E-state index contributed by atoms with van der Waals surface area (Å²) in [6.07, 6.45) is 1.50. The van der Waals surface area contributed by atoms with Crippen molar-refractivity contribution in [2.45, 2.75) is 44.8 Å². The molecule has 1 saturated heterocycles. The first-order valence-corrected chi connectivity index (χ1v) is 7.17. The summed E-state index contributed by atoms with van der Waals surface area (Å²) in [7, 11) is 0. The molecule has 0 aromatic heterocycles. The normalized spacial score (nSPS) is 17.7. The van der Waals surface area contributed by atoms with Crippen LogP contribution in [-0.2, 0) is 12.7 Å². The summed E-state index contributed by atoms with van der Waals surface area (Å²) in [6, 6.07) is 3.92. The van der Waals surface area contributed by atoms with Crippen molar-refractivity contribution in [2.75, 3.05) is 18.0 Å². The Hall–Kier alpha value is -1.23. The number of rotatable bonds is 2. The Morgan fingerprint density at radius 3 is 2.15 bits per heavy atom. The lowest BCUT2D eigenvalue weighted by Gasteiger charge is -2.29. The SMILES string of the molecule is NCc1cc(C(F)(F)F)ccc1N1CCCCCCC1. The number of nitrogens with two attached hydrogens (primary N) is 1. The molecule has 1 heterocycles. The number of anilines is 1. The highest BCUT2D eigenvalue weighted by atomic mass is 19.4. The number of hydrogen-bond donors (Lipinski definition) is 1. The van der Waals surface area contributed by atoms with E-state index in [2.05, 4.69) is 4.90 Å². The monoisotopic (exact) mass is 286 g/mol. The van der Waals surface area contributed by atoms with Gasteiger partial charge in [-0.15, -0.1) is 0 Å². The van der Waals surface area contributed by atoms with Crippen molar-refractivity contribution in [3.63, 3.8) is 0 Å². The van der Waals surface area contributed by atoms with Gasteiger partial charge in [0.2, 0.25) is 0 Å². The van der Waals surface area contributed by atoms with Crippen molar-refractivity contribution in [2.24, 2.45) is 5.73 Å². The molecule has 20 heavy (non-hydrogen) atoms. The molecule has 5 heteroatoms. The molecule has 0 saturated carbocycles. The van der Waals surface area contributed by atoms with Crippen LogP contribution in [0.25, 0.3) is 0 Å². The van der Waals surface area contributed by atoms with Gasteiger partial charge < -0.3 is 10.6 Å². The average molecular weight is 286 g/mol. The number of alkyl halides is 3. The fourth-order valence-corrected chi connectivity index (χ4v) is 2.72. The highest BCUT2D eigenvalue weighted by molar-refractivity contribution is 5.55. The van der Waals surface area contributed by atoms with Gasteiger partial charge in [-0.05, 0) is 36.6 Å². The van der Waals surface area contributed by atoms with Crippen LogP contribution < -0.4 is 10.6 Å². The van der Waals surface area contributed by atoms with Crippen molar-refractivity contribution in [1.82, 2.24) is 0 Å². The fourth-order valence-electron chi connectivity index (χ4n) is 2.72. The molecule has 1 aliphatic heterocycles. The van der Waals surface area contributed by atoms with E-state index in [0.29, 0.717) is 5.56 Å². The van der Waals surface area contributed by atoms with Crippen molar-refractivity contribution >= 4 is 5.69 Å². The van der Waals surface area contributed by atoms with Crippen LogP contribution in [0, 0.1) is 0 Å². The van der Waals surface area contributed by atoms with Crippen molar-refractivity contribution < 1.29 is 13.2 Å². The van der Waals surface area contributed by atoms with E-state index in [9.17, 15) is 13.2 Å². The first-order valence-electron chi connectivity index (χ1n) is 7.17. The van der Waals surface area contributed by atoms with Gasteiger partial charge in [0.05, 0.1) is 5.56 Å². The predicted molar refractivity (Wildman–Crippen MR) is 74.6 cm³/mol. The molecule has 0 aliphatic carbocycles. The average Bonchev–Trinajstić information content (AvgIpc) is 2.37. The maximum Gasteiger partial charge on any atom is 0.416 e. The number of benzene rings is 1. The summed E-state index contributed by atoms with van der Waals surface area (Å²) in [5, 5.41) is 0. The second kappa shape index (κ2) is 6.48. The van der Waals surface area contributed by atoms with Crippen LogP contribution in [0.15, 0.2) is 18.2 Å². The molecule has 2 nitrogen and oxygen atoms in total. The Kier molecular flexibility index (Phi) is 4.91. The summed E-state index contributed by atoms with van der Waals surface area (Å²) in [4.78, 5) is 2.18. The van der Waals surface area contributed by atoms with E-state index in [1.165, 1.54) is 25.3 Å². The summed E-state index contributed by atoms with van der Waals surface area (Å²) in [6.45, 7) is 1.94. The van der Waals surface area contributed by atoms with Gasteiger partial charge >= 0.3 is 6.18 Å². The lowest BCUT2D eigenvalue weighted by atomic mass is 10.0. The Labute approximate surface area is 117 Å². The van der Waals surface area contributed by atoms with Crippen LogP contribution in [0.3, 0.4) is 0 Å². The van der Waals surface area contributed by atoms with E-state index in [4.69, 9.17) is 5.73 Å². The molecule has 1 aromatic rings. The summed E-state index contributed by atoms with van der Waals surface area (Å²) >= 11 is 0. The molecule has 0 spiro atoms. The minimum Gasteiger partial charge on any atom is -0.371 e. The minimum atomic E-state index is -4.31. The molecule has 112 valence electrons. The predicted octanol–water partition coefficient (Wildman–Crippen LogP) is 3.93. The quantitative estimate of drug-likeness (QED) is 0.892. The molecular weight excluding hydrogens is 265 g/mol. The minimum absolute atomic E-state index is 0.135. The van der Waals surface area contributed by atoms with E-state index in [-0.39, 0.29) is 6.54 Å². The Morgan fingerprint density at radius 1 is 1.00 bits per heavy atom. The molecule has 1 aromatic carbocycles. The first-order chi connectivity index (χ1) is 9.52. The third-order valence-electron chi connectivity index (χ3n) is 3.82. The van der Waals surface area contributed by atoms with Crippen LogP contribution in [0.5, 0.6) is 0 Å². The van der Waals surface area contributed by atoms with E-state index >= 15 is 0 Å². The van der Waals surface area contributed by atoms with Crippen LogP contribution >= 0.6 is 0 Å². The lowest BCUT2D eigenvalue weighted by molar-refractivity contribution is -0.137. The van der Waals surface area contributed by atoms with E-state index in [0.717, 1.165) is 37.7 Å². The first kappa shape index (κ1) is 15.2. The summed E-state index contributed by atoms with van der Waals surface area (Å²) < 4.78 is 38.2. The van der Waals surface area contributed by atoms with Crippen LogP contribution in [0.2, 0.25) is 0 Å². The van der Waals surface area contributed by atoms with Gasteiger partial charge in [-0.1, -0.05) is 19.3 Å². The van der Waals surface area contributed by atoms with Gasteiger partial charge in [-0.25, -0.2) is 0 Å². The second-order valence-corrected chi connectivity index (χ2v) is 5.30. The fraction of sp³-hybridized carbons (Fsp3) is 0.600. The standard InChI is InChI=1S/C15H21F3N2/c16-15(17,18)13-6-7-14(12(10-13)11-19)20-8-4-2-1-3-5-9-20/h6-7,10H,1-5,8-9,11,19H2. The highest BCUT2D eigenvalue weighted by Gasteiger charge is 2.31. The van der Waals surface area contributed by atoms with Gasteiger partial charge in [0.15, 0.2) is 0 Å². The lowest BCUT2D eigenvalue weighted by Crippen LogP contribution is -2.28. The Bertz CT molecular complexity index is 435. The molecule has 0 radical (unpaired) electrons. The summed E-state index contributed by atoms with van der Waals surface area (Å²) in [5.41, 5.74) is 6.48. The van der Waals surface area contributed by atoms with Gasteiger partial charge in [-0.2, -0.15) is 13.2 Å². The van der Waals surface area contributed by atoms with E-state index in [1.807, 2.05) is 0 Å². The zero-order chi connectivity index (χ0) is 14.6. The molecule has 2 rings (SSSR count). The van der Waals surface area contributed by atoms with Gasteiger partial charge in [0.1, 0.15) is 0 Å². The molecule has 1 aliphatic rings. The third kappa shape index (κ3) is 3.66. The molecule has 0 unspecified atom stereocenters. The molecular formula is C15H21F3N2. The van der Waals surface area contributed by atoms with Crippen LogP contribution in [-0.4, -0.2) is 13.1 Å². The topological polar surface area (TPSA) is 29.3 Å². The van der Waals surface area contributed by atoms with E-state index in [1.54, 1.807) is 6.07 Å². The van der Waals surface area contributed by atoms with Crippen LogP contribution in [0.4, 0.5) is 18.9 Å². The van der Waals surface area contributed by atoms with Crippen molar-refractivity contribution in [3.05, 3.63) is 29.3 Å². The molecule has 2 N–H and O–H groups in total. The van der Waals surface area contributed by atoms with Gasteiger partial charge in [-0.3, -0.25) is 0 Å². The van der Waals surface area contributed by atoms with Gasteiger partial charge in [0.25, 0.3) is 0 Å². The van der Waals surface area contributed by atoms with Gasteiger partial charge in [0, 0.05) is 25.3 Å².